The number of halogens is 2. The van der Waals surface area contributed by atoms with Crippen LogP contribution in [0.25, 0.3) is 0 Å². The summed E-state index contributed by atoms with van der Waals surface area (Å²) in [5, 5.41) is 3.46. The average molecular weight is 275 g/mol. The number of piperidine rings is 1. The Labute approximate surface area is 116 Å². The molecule has 2 aliphatic rings. The second-order valence-electron chi connectivity index (χ2n) is 4.90. The molecule has 2 heterocycles. The van der Waals surface area contributed by atoms with Crippen molar-refractivity contribution in [2.75, 3.05) is 31.6 Å². The molecule has 17 heavy (non-hydrogen) atoms. The number of hydrogen-bond acceptors (Lipinski definition) is 2. The van der Waals surface area contributed by atoms with Crippen LogP contribution in [0.5, 0.6) is 0 Å². The Morgan fingerprint density at radius 3 is 2.47 bits per heavy atom. The Bertz CT molecular complexity index is 375. The van der Waals surface area contributed by atoms with Crippen LogP contribution in [-0.4, -0.2) is 26.7 Å². The van der Waals surface area contributed by atoms with Crippen LogP contribution < -0.4 is 10.2 Å². The SMILES string of the molecule is CN1CC2(CCNCC2)c2ccccc21.Cl.Cl. The first-order valence-corrected chi connectivity index (χ1v) is 5.83. The maximum atomic E-state index is 3.46. The van der Waals surface area contributed by atoms with Crippen LogP contribution >= 0.6 is 24.8 Å². The lowest BCUT2D eigenvalue weighted by Crippen LogP contribution is -2.42. The second-order valence-corrected chi connectivity index (χ2v) is 4.90. The lowest BCUT2D eigenvalue weighted by atomic mass is 9.75. The van der Waals surface area contributed by atoms with Crippen LogP contribution in [0.15, 0.2) is 24.3 Å². The van der Waals surface area contributed by atoms with E-state index < -0.39 is 0 Å². The summed E-state index contributed by atoms with van der Waals surface area (Å²) < 4.78 is 0. The van der Waals surface area contributed by atoms with Crippen LogP contribution in [-0.2, 0) is 5.41 Å². The Balaban J connectivity index is 0.000000722. The quantitative estimate of drug-likeness (QED) is 0.783. The summed E-state index contributed by atoms with van der Waals surface area (Å²) in [4.78, 5) is 2.42. The Morgan fingerprint density at radius 1 is 1.12 bits per heavy atom. The fraction of sp³-hybridized carbons (Fsp3) is 0.538. The number of anilines is 1. The molecule has 0 saturated carbocycles. The molecule has 0 aliphatic carbocycles. The topological polar surface area (TPSA) is 15.3 Å². The standard InChI is InChI=1S/C13H18N2.2ClH/c1-15-10-13(6-8-14-9-7-13)11-4-2-3-5-12(11)15;;/h2-5,14H,6-10H2,1H3;2*1H. The van der Waals surface area contributed by atoms with Gasteiger partial charge in [0, 0.05) is 24.7 Å². The van der Waals surface area contributed by atoms with E-state index in [0.29, 0.717) is 5.41 Å². The summed E-state index contributed by atoms with van der Waals surface area (Å²) in [6.07, 6.45) is 2.57. The number of nitrogens with zero attached hydrogens (tertiary/aromatic N) is 1. The van der Waals surface area contributed by atoms with E-state index in [0.717, 1.165) is 0 Å². The lowest BCUT2D eigenvalue weighted by Gasteiger charge is -2.34. The fourth-order valence-electron chi connectivity index (χ4n) is 3.21. The normalized spacial score (nSPS) is 20.4. The summed E-state index contributed by atoms with van der Waals surface area (Å²) in [6, 6.07) is 8.91. The van der Waals surface area contributed by atoms with Gasteiger partial charge in [-0.15, -0.1) is 24.8 Å². The zero-order valence-electron chi connectivity index (χ0n) is 10.1. The third-order valence-electron chi connectivity index (χ3n) is 3.99. The van der Waals surface area contributed by atoms with Gasteiger partial charge < -0.3 is 10.2 Å². The number of rotatable bonds is 0. The highest BCUT2D eigenvalue weighted by molar-refractivity contribution is 5.85. The highest BCUT2D eigenvalue weighted by Crippen LogP contribution is 2.44. The van der Waals surface area contributed by atoms with Gasteiger partial charge in [0.2, 0.25) is 0 Å². The molecule has 2 aliphatic heterocycles. The minimum atomic E-state index is 0. The highest BCUT2D eigenvalue weighted by atomic mass is 35.5. The van der Waals surface area contributed by atoms with E-state index in [2.05, 4.69) is 41.5 Å². The van der Waals surface area contributed by atoms with Crippen molar-refractivity contribution in [1.82, 2.24) is 5.32 Å². The van der Waals surface area contributed by atoms with Crippen molar-refractivity contribution in [3.63, 3.8) is 0 Å². The number of benzene rings is 1. The van der Waals surface area contributed by atoms with Crippen molar-refractivity contribution in [1.29, 1.82) is 0 Å². The van der Waals surface area contributed by atoms with Crippen molar-refractivity contribution in [3.8, 4) is 0 Å². The summed E-state index contributed by atoms with van der Waals surface area (Å²) in [7, 11) is 2.22. The van der Waals surface area contributed by atoms with E-state index in [1.54, 1.807) is 5.56 Å². The van der Waals surface area contributed by atoms with Gasteiger partial charge in [0.1, 0.15) is 0 Å². The van der Waals surface area contributed by atoms with Crippen LogP contribution in [0, 0.1) is 0 Å². The van der Waals surface area contributed by atoms with Gasteiger partial charge in [0.15, 0.2) is 0 Å². The molecule has 1 saturated heterocycles. The zero-order valence-corrected chi connectivity index (χ0v) is 11.7. The van der Waals surface area contributed by atoms with Gasteiger partial charge in [-0.1, -0.05) is 18.2 Å². The van der Waals surface area contributed by atoms with Crippen molar-refractivity contribution < 1.29 is 0 Å². The first kappa shape index (κ1) is 14.6. The van der Waals surface area contributed by atoms with E-state index in [1.807, 2.05) is 0 Å². The summed E-state index contributed by atoms with van der Waals surface area (Å²) in [5.41, 5.74) is 3.46. The number of para-hydroxylation sites is 1. The molecule has 0 amide bonds. The smallest absolute Gasteiger partial charge is 0.0402 e. The first-order valence-electron chi connectivity index (χ1n) is 5.83. The van der Waals surface area contributed by atoms with Gasteiger partial charge in [-0.05, 0) is 37.6 Å². The van der Waals surface area contributed by atoms with E-state index in [1.165, 1.54) is 38.2 Å². The van der Waals surface area contributed by atoms with Crippen LogP contribution in [0.2, 0.25) is 0 Å². The molecule has 1 N–H and O–H groups in total. The minimum absolute atomic E-state index is 0. The van der Waals surface area contributed by atoms with E-state index in [9.17, 15) is 0 Å². The third kappa shape index (κ3) is 2.26. The van der Waals surface area contributed by atoms with Gasteiger partial charge in [-0.3, -0.25) is 0 Å². The fourth-order valence-corrected chi connectivity index (χ4v) is 3.21. The molecule has 0 radical (unpaired) electrons. The molecule has 4 heteroatoms. The number of hydrogen-bond donors (Lipinski definition) is 1. The summed E-state index contributed by atoms with van der Waals surface area (Å²) in [5.74, 6) is 0. The molecule has 1 aromatic rings. The molecule has 1 fully saturated rings. The number of fused-ring (bicyclic) bond motifs is 2. The molecule has 0 atom stereocenters. The van der Waals surface area contributed by atoms with E-state index in [-0.39, 0.29) is 24.8 Å². The van der Waals surface area contributed by atoms with Crippen LogP contribution in [0.1, 0.15) is 18.4 Å². The van der Waals surface area contributed by atoms with Gasteiger partial charge in [-0.2, -0.15) is 0 Å². The maximum absolute atomic E-state index is 3.46. The van der Waals surface area contributed by atoms with Crippen molar-refractivity contribution in [2.24, 2.45) is 0 Å². The van der Waals surface area contributed by atoms with Crippen LogP contribution in [0.3, 0.4) is 0 Å². The van der Waals surface area contributed by atoms with Gasteiger partial charge in [0.25, 0.3) is 0 Å². The number of nitrogens with one attached hydrogen (secondary N) is 1. The Hall–Kier alpha value is -0.440. The van der Waals surface area contributed by atoms with Crippen molar-refractivity contribution in [2.45, 2.75) is 18.3 Å². The maximum Gasteiger partial charge on any atom is 0.0402 e. The first-order chi connectivity index (χ1) is 7.32. The Morgan fingerprint density at radius 2 is 1.76 bits per heavy atom. The molecule has 2 nitrogen and oxygen atoms in total. The Kier molecular flexibility index (Phi) is 4.70. The number of likely N-dealkylation sites (N-methyl/N-ethyl adjacent to an activating group) is 1. The molecule has 0 unspecified atom stereocenters. The lowest BCUT2D eigenvalue weighted by molar-refractivity contribution is 0.328. The summed E-state index contributed by atoms with van der Waals surface area (Å²) >= 11 is 0. The third-order valence-corrected chi connectivity index (χ3v) is 3.99. The predicted molar refractivity (Wildman–Crippen MR) is 78.0 cm³/mol. The van der Waals surface area contributed by atoms with Crippen LogP contribution in [0.4, 0.5) is 5.69 Å². The van der Waals surface area contributed by atoms with Gasteiger partial charge in [0.05, 0.1) is 0 Å². The minimum Gasteiger partial charge on any atom is -0.373 e. The monoisotopic (exact) mass is 274 g/mol. The molecule has 0 bridgehead atoms. The van der Waals surface area contributed by atoms with Crippen molar-refractivity contribution in [3.05, 3.63) is 29.8 Å². The molecule has 96 valence electrons. The average Bonchev–Trinajstić information content (AvgIpc) is 2.55. The molecule has 3 rings (SSSR count). The molecule has 0 aromatic heterocycles. The molecule has 1 aromatic carbocycles. The molecular formula is C13H20Cl2N2. The van der Waals surface area contributed by atoms with E-state index in [4.69, 9.17) is 0 Å². The van der Waals surface area contributed by atoms with E-state index >= 15 is 0 Å². The largest absolute Gasteiger partial charge is 0.373 e. The molecular weight excluding hydrogens is 255 g/mol. The summed E-state index contributed by atoms with van der Waals surface area (Å²) in [6.45, 7) is 3.54. The zero-order chi connectivity index (χ0) is 10.3. The van der Waals surface area contributed by atoms with Gasteiger partial charge >= 0.3 is 0 Å². The van der Waals surface area contributed by atoms with Crippen molar-refractivity contribution >= 4 is 30.5 Å². The van der Waals surface area contributed by atoms with Gasteiger partial charge in [-0.25, -0.2) is 0 Å². The molecule has 1 spiro atoms. The second kappa shape index (κ2) is 5.47. The highest BCUT2D eigenvalue weighted by Gasteiger charge is 2.41. The predicted octanol–water partition coefficient (Wildman–Crippen LogP) is 2.60.